The second-order valence-electron chi connectivity index (χ2n) is 3.27. The topological polar surface area (TPSA) is 32.6 Å². The molecule has 0 spiro atoms. The number of nitrogens with zero attached hydrogens (tertiary/aromatic N) is 1. The maximum absolute atomic E-state index is 9.21. The van der Waals surface area contributed by atoms with E-state index in [1.165, 1.54) is 5.57 Å². The zero-order chi connectivity index (χ0) is 11.8. The van der Waals surface area contributed by atoms with Crippen LogP contribution in [0.15, 0.2) is 53.4 Å². The van der Waals surface area contributed by atoms with Gasteiger partial charge in [0.15, 0.2) is 0 Å². The molecule has 2 heteroatoms. The van der Waals surface area contributed by atoms with Gasteiger partial charge in [0.05, 0.1) is 5.71 Å². The van der Waals surface area contributed by atoms with Gasteiger partial charge in [0.1, 0.15) is 5.76 Å². The fourth-order valence-electron chi connectivity index (χ4n) is 0.798. The lowest BCUT2D eigenvalue weighted by atomic mass is 10.1. The summed E-state index contributed by atoms with van der Waals surface area (Å²) in [5.41, 5.74) is 2.26. The molecule has 0 heterocycles. The number of aliphatic hydroxyl groups excluding tert-OH is 1. The number of hydrogen-bond acceptors (Lipinski definition) is 2. The van der Waals surface area contributed by atoms with Gasteiger partial charge in [-0.2, -0.15) is 0 Å². The molecule has 0 amide bonds. The lowest BCUT2D eigenvalue weighted by molar-refractivity contribution is 0.431. The first-order valence-electron chi connectivity index (χ1n) is 4.96. The predicted molar refractivity (Wildman–Crippen MR) is 67.2 cm³/mol. The van der Waals surface area contributed by atoms with Gasteiger partial charge in [-0.3, -0.25) is 4.99 Å². The molecular formula is C13H19NO. The minimum atomic E-state index is -0.0469. The summed E-state index contributed by atoms with van der Waals surface area (Å²) in [6, 6.07) is 0. The van der Waals surface area contributed by atoms with Gasteiger partial charge < -0.3 is 5.11 Å². The zero-order valence-electron chi connectivity index (χ0n) is 9.75. The van der Waals surface area contributed by atoms with Gasteiger partial charge in [-0.05, 0) is 26.3 Å². The molecule has 82 valence electrons. The molecule has 0 bridgehead atoms. The number of allylic oxidation sites excluding steroid dienone is 4. The van der Waals surface area contributed by atoms with Crippen LogP contribution in [0.25, 0.3) is 0 Å². The second-order valence-corrected chi connectivity index (χ2v) is 3.27. The van der Waals surface area contributed by atoms with Gasteiger partial charge in [-0.1, -0.05) is 31.7 Å². The van der Waals surface area contributed by atoms with E-state index < -0.39 is 0 Å². The Morgan fingerprint density at radius 1 is 1.40 bits per heavy atom. The lowest BCUT2D eigenvalue weighted by Crippen LogP contribution is -1.99. The highest BCUT2D eigenvalue weighted by Crippen LogP contribution is 2.07. The average Bonchev–Trinajstić information content (AvgIpc) is 2.22. The van der Waals surface area contributed by atoms with Crippen molar-refractivity contribution in [3.05, 3.63) is 48.4 Å². The van der Waals surface area contributed by atoms with Crippen LogP contribution in [0.2, 0.25) is 0 Å². The van der Waals surface area contributed by atoms with Crippen molar-refractivity contribution in [3.8, 4) is 0 Å². The Morgan fingerprint density at radius 2 is 2.00 bits per heavy atom. The van der Waals surface area contributed by atoms with E-state index in [2.05, 4.69) is 25.1 Å². The molecular weight excluding hydrogens is 186 g/mol. The van der Waals surface area contributed by atoms with Crippen molar-refractivity contribution in [2.24, 2.45) is 4.99 Å². The first kappa shape index (κ1) is 13.4. The second kappa shape index (κ2) is 6.82. The standard InChI is InChI=1S/C13H19NO/c1-6-8-13(11(4)12(5)15)14-9-10(3)7-2/h6,8-9,15H,4-5,7H2,1-3H3/b8-6+,10-9+,14-13-. The third-order valence-corrected chi connectivity index (χ3v) is 1.96. The van der Waals surface area contributed by atoms with Crippen molar-refractivity contribution < 1.29 is 5.11 Å². The first-order chi connectivity index (χ1) is 7.02. The van der Waals surface area contributed by atoms with E-state index in [0.717, 1.165) is 6.42 Å². The molecule has 0 rings (SSSR count). The van der Waals surface area contributed by atoms with E-state index in [0.29, 0.717) is 11.3 Å². The Hall–Kier alpha value is -1.57. The maximum Gasteiger partial charge on any atom is 0.117 e. The third kappa shape index (κ3) is 5.01. The molecule has 2 nitrogen and oxygen atoms in total. The van der Waals surface area contributed by atoms with E-state index in [1.807, 2.05) is 19.9 Å². The molecule has 0 saturated heterocycles. The van der Waals surface area contributed by atoms with E-state index in [-0.39, 0.29) is 5.76 Å². The summed E-state index contributed by atoms with van der Waals surface area (Å²) in [5, 5.41) is 9.21. The van der Waals surface area contributed by atoms with Gasteiger partial charge in [0.2, 0.25) is 0 Å². The van der Waals surface area contributed by atoms with Crippen LogP contribution < -0.4 is 0 Å². The van der Waals surface area contributed by atoms with Crippen molar-refractivity contribution in [1.82, 2.24) is 0 Å². The van der Waals surface area contributed by atoms with Crippen LogP contribution in [0.3, 0.4) is 0 Å². The predicted octanol–water partition coefficient (Wildman–Crippen LogP) is 3.95. The Bertz CT molecular complexity index is 332. The molecule has 0 atom stereocenters. The fraction of sp³-hybridized carbons (Fsp3) is 0.308. The van der Waals surface area contributed by atoms with Crippen molar-refractivity contribution in [3.63, 3.8) is 0 Å². The van der Waals surface area contributed by atoms with Crippen molar-refractivity contribution in [2.75, 3.05) is 0 Å². The Labute approximate surface area is 92.0 Å². The minimum absolute atomic E-state index is 0.0469. The minimum Gasteiger partial charge on any atom is -0.508 e. The monoisotopic (exact) mass is 205 g/mol. The Kier molecular flexibility index (Phi) is 6.11. The van der Waals surface area contributed by atoms with Crippen molar-refractivity contribution in [1.29, 1.82) is 0 Å². The molecule has 0 aliphatic rings. The van der Waals surface area contributed by atoms with Gasteiger partial charge in [0.25, 0.3) is 0 Å². The summed E-state index contributed by atoms with van der Waals surface area (Å²) in [5.74, 6) is -0.0469. The summed E-state index contributed by atoms with van der Waals surface area (Å²) in [4.78, 5) is 4.25. The van der Waals surface area contributed by atoms with Crippen molar-refractivity contribution in [2.45, 2.75) is 27.2 Å². The highest BCUT2D eigenvalue weighted by molar-refractivity contribution is 6.10. The summed E-state index contributed by atoms with van der Waals surface area (Å²) < 4.78 is 0. The molecule has 0 aromatic rings. The van der Waals surface area contributed by atoms with E-state index in [4.69, 9.17) is 0 Å². The van der Waals surface area contributed by atoms with Crippen LogP contribution >= 0.6 is 0 Å². The van der Waals surface area contributed by atoms with Crippen LogP contribution in [-0.4, -0.2) is 10.8 Å². The molecule has 0 aliphatic heterocycles. The lowest BCUT2D eigenvalue weighted by Gasteiger charge is -2.02. The van der Waals surface area contributed by atoms with Crippen LogP contribution in [-0.2, 0) is 0 Å². The number of aliphatic hydroxyl groups is 1. The fourth-order valence-corrected chi connectivity index (χ4v) is 0.798. The number of aliphatic imine (C=N–C) groups is 1. The zero-order valence-corrected chi connectivity index (χ0v) is 9.75. The van der Waals surface area contributed by atoms with Crippen LogP contribution in [0.5, 0.6) is 0 Å². The van der Waals surface area contributed by atoms with E-state index in [1.54, 1.807) is 12.3 Å². The molecule has 0 aromatic carbocycles. The van der Waals surface area contributed by atoms with Gasteiger partial charge in [-0.25, -0.2) is 0 Å². The van der Waals surface area contributed by atoms with E-state index >= 15 is 0 Å². The molecule has 0 saturated carbocycles. The van der Waals surface area contributed by atoms with Crippen LogP contribution in [0, 0.1) is 0 Å². The number of rotatable bonds is 5. The largest absolute Gasteiger partial charge is 0.508 e. The summed E-state index contributed by atoms with van der Waals surface area (Å²) in [6.07, 6.45) is 6.38. The third-order valence-electron chi connectivity index (χ3n) is 1.96. The first-order valence-corrected chi connectivity index (χ1v) is 4.96. The van der Waals surface area contributed by atoms with Gasteiger partial charge in [0, 0.05) is 11.8 Å². The number of hydrogen-bond donors (Lipinski definition) is 1. The van der Waals surface area contributed by atoms with Gasteiger partial charge >= 0.3 is 0 Å². The molecule has 0 unspecified atom stereocenters. The summed E-state index contributed by atoms with van der Waals surface area (Å²) >= 11 is 0. The van der Waals surface area contributed by atoms with Crippen LogP contribution in [0.1, 0.15) is 27.2 Å². The van der Waals surface area contributed by atoms with Crippen LogP contribution in [0.4, 0.5) is 0 Å². The Balaban J connectivity index is 4.98. The molecule has 0 radical (unpaired) electrons. The quantitative estimate of drug-likeness (QED) is 0.411. The normalized spacial score (nSPS) is 13.3. The van der Waals surface area contributed by atoms with Gasteiger partial charge in [-0.15, -0.1) is 0 Å². The molecule has 0 fully saturated rings. The highest BCUT2D eigenvalue weighted by Gasteiger charge is 2.02. The smallest absolute Gasteiger partial charge is 0.117 e. The highest BCUT2D eigenvalue weighted by atomic mass is 16.3. The average molecular weight is 205 g/mol. The maximum atomic E-state index is 9.21. The Morgan fingerprint density at radius 3 is 2.40 bits per heavy atom. The SMILES string of the molecule is C=C(O)C(=C)C(/C=C/C)=N\C=C(/C)CC. The summed E-state index contributed by atoms with van der Waals surface area (Å²) in [7, 11) is 0. The van der Waals surface area contributed by atoms with E-state index in [9.17, 15) is 5.11 Å². The molecule has 15 heavy (non-hydrogen) atoms. The van der Waals surface area contributed by atoms with Crippen molar-refractivity contribution >= 4 is 5.71 Å². The molecule has 0 aliphatic carbocycles. The molecule has 0 aromatic heterocycles. The summed E-state index contributed by atoms with van der Waals surface area (Å²) in [6.45, 7) is 13.1. The molecule has 1 N–H and O–H groups in total.